The third kappa shape index (κ3) is 4.28. The van der Waals surface area contributed by atoms with Crippen LogP contribution in [0.4, 0.5) is 11.6 Å². The molecule has 160 valence electrons. The van der Waals surface area contributed by atoms with E-state index in [2.05, 4.69) is 30.4 Å². The fourth-order valence-electron chi connectivity index (χ4n) is 5.00. The molecule has 31 heavy (non-hydrogen) atoms. The van der Waals surface area contributed by atoms with E-state index in [1.165, 1.54) is 0 Å². The van der Waals surface area contributed by atoms with Crippen molar-refractivity contribution in [1.82, 2.24) is 25.1 Å². The van der Waals surface area contributed by atoms with Crippen LogP contribution in [-0.2, 0) is 6.42 Å². The van der Waals surface area contributed by atoms with Crippen molar-refractivity contribution in [3.05, 3.63) is 64.7 Å². The highest BCUT2D eigenvalue weighted by Crippen LogP contribution is 2.40. The predicted octanol–water partition coefficient (Wildman–Crippen LogP) is 4.53. The number of benzene rings is 1. The minimum absolute atomic E-state index is 0.102. The summed E-state index contributed by atoms with van der Waals surface area (Å²) in [6.07, 6.45) is 6.71. The molecule has 0 aliphatic carbocycles. The first kappa shape index (κ1) is 20.0. The maximum Gasteiger partial charge on any atom is 0.254 e. The number of hydrogen-bond donors (Lipinski definition) is 2. The fraction of sp³-hybridized carbons (Fsp3) is 0.391. The highest BCUT2D eigenvalue weighted by atomic mass is 35.5. The van der Waals surface area contributed by atoms with Gasteiger partial charge in [-0.3, -0.25) is 9.89 Å². The van der Waals surface area contributed by atoms with E-state index in [1.54, 1.807) is 18.3 Å². The molecule has 2 fully saturated rings. The average molecular weight is 437 g/mol. The first-order valence-electron chi connectivity index (χ1n) is 10.7. The van der Waals surface area contributed by atoms with Crippen molar-refractivity contribution in [2.24, 2.45) is 5.92 Å². The lowest BCUT2D eigenvalue weighted by Crippen LogP contribution is -2.47. The monoisotopic (exact) mass is 436 g/mol. The highest BCUT2D eigenvalue weighted by Gasteiger charge is 2.43. The van der Waals surface area contributed by atoms with Gasteiger partial charge in [-0.15, -0.1) is 0 Å². The largest absolute Gasteiger partial charge is 0.333 e. The zero-order chi connectivity index (χ0) is 21.4. The van der Waals surface area contributed by atoms with E-state index >= 15 is 0 Å². The Kier molecular flexibility index (Phi) is 5.36. The molecular formula is C23H25ClN6O. The topological polar surface area (TPSA) is 86.8 Å². The molecule has 2 bridgehead atoms. The average Bonchev–Trinajstić information content (AvgIpc) is 3.27. The van der Waals surface area contributed by atoms with Crippen molar-refractivity contribution < 1.29 is 4.79 Å². The second kappa shape index (κ2) is 8.30. The van der Waals surface area contributed by atoms with Crippen LogP contribution in [0.25, 0.3) is 0 Å². The van der Waals surface area contributed by atoms with Gasteiger partial charge in [-0.25, -0.2) is 9.97 Å². The van der Waals surface area contributed by atoms with Gasteiger partial charge in [0.2, 0.25) is 0 Å². The molecule has 0 radical (unpaired) electrons. The van der Waals surface area contributed by atoms with E-state index < -0.39 is 0 Å². The zero-order valence-electron chi connectivity index (χ0n) is 17.4. The van der Waals surface area contributed by atoms with Crippen LogP contribution in [0, 0.1) is 12.8 Å². The van der Waals surface area contributed by atoms with Crippen LogP contribution in [0.3, 0.4) is 0 Å². The molecule has 4 heterocycles. The molecule has 3 aromatic rings. The second-order valence-electron chi connectivity index (χ2n) is 8.57. The smallest absolute Gasteiger partial charge is 0.254 e. The Balaban J connectivity index is 1.25. The number of nitrogens with zero attached hydrogens (tertiary/aromatic N) is 4. The van der Waals surface area contributed by atoms with Crippen molar-refractivity contribution in [2.45, 2.75) is 51.1 Å². The van der Waals surface area contributed by atoms with E-state index in [-0.39, 0.29) is 18.0 Å². The Morgan fingerprint density at radius 2 is 2.00 bits per heavy atom. The van der Waals surface area contributed by atoms with Crippen LogP contribution in [0.15, 0.2) is 42.6 Å². The fourth-order valence-corrected chi connectivity index (χ4v) is 5.19. The maximum absolute atomic E-state index is 13.1. The van der Waals surface area contributed by atoms with E-state index in [4.69, 9.17) is 11.6 Å². The van der Waals surface area contributed by atoms with Gasteiger partial charge in [0.1, 0.15) is 11.6 Å². The first-order valence-corrected chi connectivity index (χ1v) is 11.1. The van der Waals surface area contributed by atoms with Gasteiger partial charge in [0.15, 0.2) is 5.82 Å². The number of H-pyrrole nitrogens is 1. The van der Waals surface area contributed by atoms with Crippen LogP contribution >= 0.6 is 11.6 Å². The molecule has 0 saturated carbocycles. The number of nitrogens with one attached hydrogen (secondary N) is 2. The number of fused-ring (bicyclic) bond motifs is 2. The lowest BCUT2D eigenvalue weighted by molar-refractivity contribution is 0.0523. The van der Waals surface area contributed by atoms with Gasteiger partial charge < -0.3 is 10.2 Å². The molecule has 2 saturated heterocycles. The summed E-state index contributed by atoms with van der Waals surface area (Å²) in [5.41, 5.74) is 1.67. The first-order chi connectivity index (χ1) is 15.0. The third-order valence-corrected chi connectivity index (χ3v) is 6.51. The molecule has 2 aliphatic rings. The third-order valence-electron chi connectivity index (χ3n) is 6.28. The Bertz CT molecular complexity index is 1080. The Labute approximate surface area is 186 Å². The summed E-state index contributed by atoms with van der Waals surface area (Å²) in [5.74, 6) is 2.89. The summed E-state index contributed by atoms with van der Waals surface area (Å²) in [4.78, 5) is 24.4. The molecule has 2 aliphatic heterocycles. The molecule has 7 nitrogen and oxygen atoms in total. The normalized spacial score (nSPS) is 22.5. The minimum atomic E-state index is 0.102. The quantitative estimate of drug-likeness (QED) is 0.613. The van der Waals surface area contributed by atoms with Crippen LogP contribution in [-0.4, -0.2) is 43.1 Å². The molecule has 8 heteroatoms. The molecule has 3 atom stereocenters. The van der Waals surface area contributed by atoms with Crippen molar-refractivity contribution >= 4 is 29.1 Å². The van der Waals surface area contributed by atoms with Crippen LogP contribution in [0.2, 0.25) is 5.02 Å². The van der Waals surface area contributed by atoms with Crippen LogP contribution in [0.5, 0.6) is 0 Å². The second-order valence-corrected chi connectivity index (χ2v) is 9.01. The Morgan fingerprint density at radius 1 is 1.19 bits per heavy atom. The summed E-state index contributed by atoms with van der Waals surface area (Å²) < 4.78 is 0. The number of carbonyl (C=O) groups is 1. The lowest BCUT2D eigenvalue weighted by Gasteiger charge is -2.39. The number of hydrogen-bond acceptors (Lipinski definition) is 5. The van der Waals surface area contributed by atoms with Crippen LogP contribution in [0.1, 0.15) is 47.6 Å². The van der Waals surface area contributed by atoms with E-state index in [0.29, 0.717) is 16.5 Å². The summed E-state index contributed by atoms with van der Waals surface area (Å²) in [6, 6.07) is 11.6. The van der Waals surface area contributed by atoms with E-state index in [9.17, 15) is 4.79 Å². The molecule has 1 unspecified atom stereocenters. The summed E-state index contributed by atoms with van der Waals surface area (Å²) in [7, 11) is 0. The SMILES string of the molecule is Cc1cc(Nc2ccnc(CC3C[C@H]4CC[C@@H](C3)N4C(=O)c3cccc(Cl)c3)n2)n[nH]1. The number of rotatable bonds is 5. The van der Waals surface area contributed by atoms with Gasteiger partial charge in [0, 0.05) is 47.0 Å². The number of piperidine rings is 1. The lowest BCUT2D eigenvalue weighted by atomic mass is 9.87. The van der Waals surface area contributed by atoms with Gasteiger partial charge in [0.05, 0.1) is 0 Å². The predicted molar refractivity (Wildman–Crippen MR) is 119 cm³/mol. The number of halogens is 1. The number of amides is 1. The zero-order valence-corrected chi connectivity index (χ0v) is 18.1. The van der Waals surface area contributed by atoms with Gasteiger partial charge in [-0.1, -0.05) is 17.7 Å². The van der Waals surface area contributed by atoms with Crippen molar-refractivity contribution in [1.29, 1.82) is 0 Å². The molecule has 0 spiro atoms. The van der Waals surface area contributed by atoms with E-state index in [1.807, 2.05) is 31.2 Å². The van der Waals surface area contributed by atoms with Crippen molar-refractivity contribution in [3.8, 4) is 0 Å². The summed E-state index contributed by atoms with van der Waals surface area (Å²) >= 11 is 6.10. The summed E-state index contributed by atoms with van der Waals surface area (Å²) in [6.45, 7) is 1.96. The van der Waals surface area contributed by atoms with Gasteiger partial charge in [-0.2, -0.15) is 5.10 Å². The molecule has 5 rings (SSSR count). The summed E-state index contributed by atoms with van der Waals surface area (Å²) in [5, 5.41) is 10.9. The minimum Gasteiger partial charge on any atom is -0.333 e. The Morgan fingerprint density at radius 3 is 2.71 bits per heavy atom. The molecule has 2 aromatic heterocycles. The number of aryl methyl sites for hydroxylation is 1. The van der Waals surface area contributed by atoms with Crippen LogP contribution < -0.4 is 5.32 Å². The maximum atomic E-state index is 13.1. The number of aromatic amines is 1. The van der Waals surface area contributed by atoms with Gasteiger partial charge in [0.25, 0.3) is 5.91 Å². The number of carbonyl (C=O) groups excluding carboxylic acids is 1. The van der Waals surface area contributed by atoms with Crippen molar-refractivity contribution in [2.75, 3.05) is 5.32 Å². The van der Waals surface area contributed by atoms with Gasteiger partial charge in [-0.05, 0) is 62.8 Å². The highest BCUT2D eigenvalue weighted by molar-refractivity contribution is 6.30. The number of anilines is 2. The standard InChI is InChI=1S/C23H25ClN6O/c1-14-9-22(29-28-14)27-20-7-8-25-21(26-20)12-15-10-18-5-6-19(11-15)30(18)23(31)16-3-2-4-17(24)13-16/h2-4,7-9,13,15,18-19H,5-6,10-12H2,1H3,(H2,25,26,27,28,29)/t15?,18-,19+. The Hall–Kier alpha value is -2.93. The molecular weight excluding hydrogens is 412 g/mol. The molecule has 1 amide bonds. The van der Waals surface area contributed by atoms with E-state index in [0.717, 1.165) is 55.3 Å². The van der Waals surface area contributed by atoms with Gasteiger partial charge >= 0.3 is 0 Å². The number of aromatic nitrogens is 4. The molecule has 2 N–H and O–H groups in total. The van der Waals surface area contributed by atoms with Crippen molar-refractivity contribution in [3.63, 3.8) is 0 Å². The molecule has 1 aromatic carbocycles.